The topological polar surface area (TPSA) is 58.5 Å². The average Bonchev–Trinajstić information content (AvgIpc) is 2.45. The Kier molecular flexibility index (Phi) is 7.39. The Labute approximate surface area is 115 Å². The molecule has 1 rings (SSSR count). The molecule has 0 radical (unpaired) electrons. The highest BCUT2D eigenvalue weighted by Gasteiger charge is 2.03. The SMILES string of the molecule is CCCCNC(=NCc1cccnc1OC)NCC. The van der Waals surface area contributed by atoms with E-state index in [1.165, 1.54) is 6.42 Å². The molecule has 0 aliphatic rings. The van der Waals surface area contributed by atoms with E-state index in [1.54, 1.807) is 13.3 Å². The highest BCUT2D eigenvalue weighted by Crippen LogP contribution is 2.14. The molecule has 0 bridgehead atoms. The Morgan fingerprint density at radius 2 is 2.21 bits per heavy atom. The molecule has 106 valence electrons. The summed E-state index contributed by atoms with van der Waals surface area (Å²) >= 11 is 0. The van der Waals surface area contributed by atoms with Crippen LogP contribution >= 0.6 is 0 Å². The van der Waals surface area contributed by atoms with E-state index in [9.17, 15) is 0 Å². The van der Waals surface area contributed by atoms with Crippen molar-refractivity contribution in [3.63, 3.8) is 0 Å². The quantitative estimate of drug-likeness (QED) is 0.449. The molecule has 1 aromatic rings. The van der Waals surface area contributed by atoms with Crippen molar-refractivity contribution in [1.82, 2.24) is 15.6 Å². The minimum Gasteiger partial charge on any atom is -0.481 e. The second-order valence-corrected chi connectivity index (χ2v) is 4.15. The molecule has 0 spiro atoms. The second-order valence-electron chi connectivity index (χ2n) is 4.15. The molecular weight excluding hydrogens is 240 g/mol. The van der Waals surface area contributed by atoms with Gasteiger partial charge in [-0.3, -0.25) is 0 Å². The molecule has 5 heteroatoms. The van der Waals surface area contributed by atoms with Crippen LogP contribution in [0.5, 0.6) is 5.88 Å². The number of aliphatic imine (C=N–C) groups is 1. The number of guanidine groups is 1. The summed E-state index contributed by atoms with van der Waals surface area (Å²) in [6.07, 6.45) is 4.03. The van der Waals surface area contributed by atoms with Crippen molar-refractivity contribution in [2.75, 3.05) is 20.2 Å². The number of aromatic nitrogens is 1. The summed E-state index contributed by atoms with van der Waals surface area (Å²) in [5.41, 5.74) is 0.984. The molecule has 0 fully saturated rings. The van der Waals surface area contributed by atoms with Crippen LogP contribution in [0.4, 0.5) is 0 Å². The highest BCUT2D eigenvalue weighted by molar-refractivity contribution is 5.79. The van der Waals surface area contributed by atoms with Crippen LogP contribution in [0.15, 0.2) is 23.3 Å². The van der Waals surface area contributed by atoms with Crippen molar-refractivity contribution in [3.05, 3.63) is 23.9 Å². The van der Waals surface area contributed by atoms with Crippen molar-refractivity contribution >= 4 is 5.96 Å². The number of unbranched alkanes of at least 4 members (excludes halogenated alkanes) is 1. The van der Waals surface area contributed by atoms with E-state index in [0.29, 0.717) is 12.4 Å². The van der Waals surface area contributed by atoms with Crippen LogP contribution in [-0.2, 0) is 6.54 Å². The number of hydrogen-bond acceptors (Lipinski definition) is 3. The van der Waals surface area contributed by atoms with Crippen LogP contribution in [0, 0.1) is 0 Å². The molecule has 0 unspecified atom stereocenters. The van der Waals surface area contributed by atoms with Gasteiger partial charge in [-0.25, -0.2) is 9.98 Å². The summed E-state index contributed by atoms with van der Waals surface area (Å²) < 4.78 is 5.21. The first-order valence-corrected chi connectivity index (χ1v) is 6.81. The summed E-state index contributed by atoms with van der Waals surface area (Å²) in [6.45, 7) is 6.57. The van der Waals surface area contributed by atoms with Crippen molar-refractivity contribution in [2.24, 2.45) is 4.99 Å². The molecule has 0 aliphatic heterocycles. The molecule has 5 nitrogen and oxygen atoms in total. The monoisotopic (exact) mass is 264 g/mol. The fourth-order valence-corrected chi connectivity index (χ4v) is 1.62. The van der Waals surface area contributed by atoms with Gasteiger partial charge in [-0.1, -0.05) is 19.4 Å². The van der Waals surface area contributed by atoms with Gasteiger partial charge in [0.25, 0.3) is 0 Å². The first-order chi connectivity index (χ1) is 9.31. The minimum absolute atomic E-state index is 0.554. The third kappa shape index (κ3) is 5.59. The van der Waals surface area contributed by atoms with Gasteiger partial charge < -0.3 is 15.4 Å². The lowest BCUT2D eigenvalue weighted by atomic mass is 10.3. The number of pyridine rings is 1. The zero-order valence-corrected chi connectivity index (χ0v) is 12.1. The predicted molar refractivity (Wildman–Crippen MR) is 78.5 cm³/mol. The summed E-state index contributed by atoms with van der Waals surface area (Å²) in [7, 11) is 1.63. The number of methoxy groups -OCH3 is 1. The lowest BCUT2D eigenvalue weighted by molar-refractivity contribution is 0.392. The maximum absolute atomic E-state index is 5.21. The van der Waals surface area contributed by atoms with Gasteiger partial charge in [-0.05, 0) is 19.4 Å². The molecule has 19 heavy (non-hydrogen) atoms. The van der Waals surface area contributed by atoms with Crippen LogP contribution < -0.4 is 15.4 Å². The number of hydrogen-bond donors (Lipinski definition) is 2. The van der Waals surface area contributed by atoms with Gasteiger partial charge in [0.2, 0.25) is 5.88 Å². The molecule has 0 aliphatic carbocycles. The van der Waals surface area contributed by atoms with Gasteiger partial charge >= 0.3 is 0 Å². The Balaban J connectivity index is 2.62. The summed E-state index contributed by atoms with van der Waals surface area (Å²) in [6, 6.07) is 3.87. The molecule has 0 saturated carbocycles. The first-order valence-electron chi connectivity index (χ1n) is 6.81. The van der Waals surface area contributed by atoms with E-state index in [2.05, 4.69) is 34.5 Å². The van der Waals surface area contributed by atoms with E-state index in [4.69, 9.17) is 4.74 Å². The smallest absolute Gasteiger partial charge is 0.218 e. The Bertz CT molecular complexity index is 393. The summed E-state index contributed by atoms with van der Waals surface area (Å²) in [5, 5.41) is 6.53. The van der Waals surface area contributed by atoms with Gasteiger partial charge in [0, 0.05) is 24.8 Å². The van der Waals surface area contributed by atoms with Crippen molar-refractivity contribution in [1.29, 1.82) is 0 Å². The van der Waals surface area contributed by atoms with Crippen LogP contribution in [0.1, 0.15) is 32.3 Å². The van der Waals surface area contributed by atoms with Crippen molar-refractivity contribution in [3.8, 4) is 5.88 Å². The molecule has 2 N–H and O–H groups in total. The normalized spacial score (nSPS) is 11.2. The van der Waals surface area contributed by atoms with Crippen LogP contribution in [0.25, 0.3) is 0 Å². The number of rotatable bonds is 7. The lowest BCUT2D eigenvalue weighted by Crippen LogP contribution is -2.37. The highest BCUT2D eigenvalue weighted by atomic mass is 16.5. The van der Waals surface area contributed by atoms with E-state index in [0.717, 1.165) is 31.0 Å². The maximum Gasteiger partial charge on any atom is 0.218 e. The third-order valence-corrected chi connectivity index (χ3v) is 2.62. The molecular formula is C14H24N4O. The maximum atomic E-state index is 5.21. The van der Waals surface area contributed by atoms with E-state index in [1.807, 2.05) is 12.1 Å². The predicted octanol–water partition coefficient (Wildman–Crippen LogP) is 1.95. The first kappa shape index (κ1) is 15.3. The minimum atomic E-state index is 0.554. The second kappa shape index (κ2) is 9.19. The lowest BCUT2D eigenvalue weighted by Gasteiger charge is -2.11. The van der Waals surface area contributed by atoms with Crippen LogP contribution in [0.3, 0.4) is 0 Å². The molecule has 0 saturated heterocycles. The zero-order chi connectivity index (χ0) is 13.9. The van der Waals surface area contributed by atoms with Gasteiger partial charge in [0.1, 0.15) is 0 Å². The van der Waals surface area contributed by atoms with E-state index < -0.39 is 0 Å². The van der Waals surface area contributed by atoms with Crippen molar-refractivity contribution < 1.29 is 4.74 Å². The van der Waals surface area contributed by atoms with Gasteiger partial charge in [-0.2, -0.15) is 0 Å². The van der Waals surface area contributed by atoms with Crippen molar-refractivity contribution in [2.45, 2.75) is 33.2 Å². The van der Waals surface area contributed by atoms with Crippen LogP contribution in [0.2, 0.25) is 0 Å². The average molecular weight is 264 g/mol. The number of nitrogens with one attached hydrogen (secondary N) is 2. The molecule has 0 amide bonds. The molecule has 1 heterocycles. The molecule has 0 atom stereocenters. The fourth-order valence-electron chi connectivity index (χ4n) is 1.62. The molecule has 0 aromatic carbocycles. The Morgan fingerprint density at radius 1 is 1.37 bits per heavy atom. The number of ether oxygens (including phenoxy) is 1. The van der Waals surface area contributed by atoms with E-state index in [-0.39, 0.29) is 0 Å². The van der Waals surface area contributed by atoms with Gasteiger partial charge in [0.15, 0.2) is 5.96 Å². The Morgan fingerprint density at radius 3 is 2.89 bits per heavy atom. The molecule has 1 aromatic heterocycles. The van der Waals surface area contributed by atoms with E-state index >= 15 is 0 Å². The largest absolute Gasteiger partial charge is 0.481 e. The zero-order valence-electron chi connectivity index (χ0n) is 12.1. The summed E-state index contributed by atoms with van der Waals surface area (Å²) in [4.78, 5) is 8.70. The van der Waals surface area contributed by atoms with Gasteiger partial charge in [0.05, 0.1) is 13.7 Å². The van der Waals surface area contributed by atoms with Crippen LogP contribution in [-0.4, -0.2) is 31.1 Å². The summed E-state index contributed by atoms with van der Waals surface area (Å²) in [5.74, 6) is 1.47. The number of nitrogens with zero attached hydrogens (tertiary/aromatic N) is 2. The fraction of sp³-hybridized carbons (Fsp3) is 0.571. The van der Waals surface area contributed by atoms with Gasteiger partial charge in [-0.15, -0.1) is 0 Å². The standard InChI is InChI=1S/C14H24N4O/c1-4-6-9-17-14(15-5-2)18-11-12-8-7-10-16-13(12)19-3/h7-8,10H,4-6,9,11H2,1-3H3,(H2,15,17,18). The Hall–Kier alpha value is -1.78. The third-order valence-electron chi connectivity index (χ3n) is 2.62.